The summed E-state index contributed by atoms with van der Waals surface area (Å²) in [5.41, 5.74) is -1.08. The molecule has 3 nitrogen and oxygen atoms in total. The molecule has 1 aromatic heterocycles. The molecule has 0 saturated carbocycles. The molecule has 0 radical (unpaired) electrons. The minimum atomic E-state index is -4.67. The zero-order chi connectivity index (χ0) is 26.3. The predicted octanol–water partition coefficient (Wildman–Crippen LogP) is 7.73. The van der Waals surface area contributed by atoms with Crippen molar-refractivity contribution in [2.75, 3.05) is 6.67 Å². The lowest BCUT2D eigenvalue weighted by Crippen LogP contribution is -2.21. The molecule has 0 amide bonds. The molecule has 0 N–H and O–H groups in total. The summed E-state index contributed by atoms with van der Waals surface area (Å²) in [6.07, 6.45) is -3.06. The van der Waals surface area contributed by atoms with Crippen LogP contribution in [0.1, 0.15) is 52.7 Å². The van der Waals surface area contributed by atoms with E-state index in [1.165, 1.54) is 24.3 Å². The first kappa shape index (κ1) is 27.0. The van der Waals surface area contributed by atoms with Crippen LogP contribution in [0.15, 0.2) is 47.0 Å². The molecule has 0 aliphatic rings. The van der Waals surface area contributed by atoms with Gasteiger partial charge in [0.25, 0.3) is 0 Å². The van der Waals surface area contributed by atoms with E-state index in [1.54, 1.807) is 31.5 Å². The minimum absolute atomic E-state index is 0.0984. The van der Waals surface area contributed by atoms with E-state index in [9.17, 15) is 21.8 Å². The summed E-state index contributed by atoms with van der Waals surface area (Å²) in [5, 5.41) is 0.294. The Hall–Kier alpha value is -2.55. The van der Waals surface area contributed by atoms with E-state index in [4.69, 9.17) is 0 Å². The fraction of sp³-hybridized carbons (Fsp3) is 0.423. The van der Waals surface area contributed by atoms with Crippen LogP contribution in [0.25, 0.3) is 22.0 Å². The highest BCUT2D eigenvalue weighted by Gasteiger charge is 2.34. The van der Waals surface area contributed by atoms with Crippen LogP contribution in [0, 0.1) is 11.2 Å². The van der Waals surface area contributed by atoms with Gasteiger partial charge in [-0.05, 0) is 49.9 Å². The molecule has 3 aromatic rings. The number of fused-ring (bicyclic) bond motifs is 1. The second-order valence-electron chi connectivity index (χ2n) is 10.7. The van der Waals surface area contributed by atoms with Crippen molar-refractivity contribution < 1.29 is 26.2 Å². The van der Waals surface area contributed by atoms with Gasteiger partial charge in [0, 0.05) is 34.8 Å². The molecule has 3 rings (SSSR count). The maximum Gasteiger partial charge on any atom is 0.417 e. The van der Waals surface area contributed by atoms with Gasteiger partial charge in [0.1, 0.15) is 23.5 Å². The van der Waals surface area contributed by atoms with Gasteiger partial charge in [-0.3, -0.25) is 0 Å². The SMILES string of the molecule is CC(C)(C)Cn1cc(/C(CF)=N\[S@@](=O)C(C)(C)C)c2cc(F)c(-c3ccccc3C(F)(F)F)cc21. The van der Waals surface area contributed by atoms with Gasteiger partial charge in [-0.15, -0.1) is 0 Å². The molecule has 190 valence electrons. The first-order chi connectivity index (χ1) is 16.0. The summed E-state index contributed by atoms with van der Waals surface area (Å²) in [6, 6.07) is 7.28. The van der Waals surface area contributed by atoms with Crippen LogP contribution >= 0.6 is 0 Å². The second kappa shape index (κ2) is 9.48. The van der Waals surface area contributed by atoms with Gasteiger partial charge in [0.15, 0.2) is 0 Å². The monoisotopic (exact) mass is 512 g/mol. The third kappa shape index (κ3) is 6.00. The summed E-state index contributed by atoms with van der Waals surface area (Å²) in [6.45, 7) is 10.4. The first-order valence-electron chi connectivity index (χ1n) is 11.1. The lowest BCUT2D eigenvalue weighted by molar-refractivity contribution is -0.137. The zero-order valence-corrected chi connectivity index (χ0v) is 21.4. The van der Waals surface area contributed by atoms with E-state index < -0.39 is 40.0 Å². The Bertz CT molecular complexity index is 1290. The highest BCUT2D eigenvalue weighted by molar-refractivity contribution is 7.85. The van der Waals surface area contributed by atoms with Gasteiger partial charge in [-0.1, -0.05) is 39.0 Å². The molecule has 0 spiro atoms. The summed E-state index contributed by atoms with van der Waals surface area (Å²) in [7, 11) is -1.75. The van der Waals surface area contributed by atoms with Crippen molar-refractivity contribution in [3.05, 3.63) is 59.5 Å². The zero-order valence-electron chi connectivity index (χ0n) is 20.6. The number of aromatic nitrogens is 1. The Morgan fingerprint density at radius 3 is 2.17 bits per heavy atom. The number of hydrogen-bond donors (Lipinski definition) is 0. The normalized spacial score (nSPS) is 14.5. The maximum atomic E-state index is 15.3. The predicted molar refractivity (Wildman–Crippen MR) is 132 cm³/mol. The van der Waals surface area contributed by atoms with Gasteiger partial charge in [0.05, 0.1) is 16.0 Å². The third-order valence-electron chi connectivity index (χ3n) is 5.29. The van der Waals surface area contributed by atoms with E-state index in [0.29, 0.717) is 17.4 Å². The van der Waals surface area contributed by atoms with Gasteiger partial charge >= 0.3 is 6.18 Å². The quantitative estimate of drug-likeness (QED) is 0.254. The highest BCUT2D eigenvalue weighted by atomic mass is 32.2. The van der Waals surface area contributed by atoms with Crippen LogP contribution in [-0.4, -0.2) is 25.9 Å². The number of halogens is 5. The van der Waals surface area contributed by atoms with Gasteiger partial charge in [0.2, 0.25) is 0 Å². The van der Waals surface area contributed by atoms with Crippen molar-refractivity contribution in [1.29, 1.82) is 0 Å². The molecule has 1 heterocycles. The average Bonchev–Trinajstić information content (AvgIpc) is 3.05. The van der Waals surface area contributed by atoms with E-state index in [-0.39, 0.29) is 27.8 Å². The van der Waals surface area contributed by atoms with Crippen molar-refractivity contribution in [3.8, 4) is 11.1 Å². The Morgan fingerprint density at radius 1 is 1.00 bits per heavy atom. The molecule has 9 heteroatoms. The average molecular weight is 513 g/mol. The van der Waals surface area contributed by atoms with Crippen LogP contribution in [0.5, 0.6) is 0 Å². The molecule has 1 atom stereocenters. The van der Waals surface area contributed by atoms with E-state index in [1.807, 2.05) is 20.8 Å². The summed E-state index contributed by atoms with van der Waals surface area (Å²) in [5.74, 6) is -0.876. The molecule has 35 heavy (non-hydrogen) atoms. The Labute approximate surface area is 204 Å². The fourth-order valence-electron chi connectivity index (χ4n) is 3.74. The molecule has 0 bridgehead atoms. The Morgan fingerprint density at radius 2 is 1.63 bits per heavy atom. The number of hydrogen-bond acceptors (Lipinski definition) is 1. The van der Waals surface area contributed by atoms with Crippen molar-refractivity contribution in [2.45, 2.75) is 59.0 Å². The van der Waals surface area contributed by atoms with E-state index in [2.05, 4.69) is 4.40 Å². The van der Waals surface area contributed by atoms with Crippen LogP contribution in [0.2, 0.25) is 0 Å². The maximum absolute atomic E-state index is 15.3. The lowest BCUT2D eigenvalue weighted by atomic mass is 9.96. The smallest absolute Gasteiger partial charge is 0.346 e. The topological polar surface area (TPSA) is 34.4 Å². The van der Waals surface area contributed by atoms with Gasteiger partial charge in [-0.2, -0.15) is 17.6 Å². The molecule has 0 saturated heterocycles. The molecule has 2 aromatic carbocycles. The van der Waals surface area contributed by atoms with Crippen LogP contribution in [0.3, 0.4) is 0 Å². The molecular weight excluding hydrogens is 483 g/mol. The van der Waals surface area contributed by atoms with Crippen LogP contribution in [0.4, 0.5) is 22.0 Å². The van der Waals surface area contributed by atoms with Crippen molar-refractivity contribution in [3.63, 3.8) is 0 Å². The second-order valence-corrected chi connectivity index (χ2v) is 12.6. The Kier molecular flexibility index (Phi) is 7.33. The number of nitrogens with zero attached hydrogens (tertiary/aromatic N) is 2. The molecule has 0 unspecified atom stereocenters. The van der Waals surface area contributed by atoms with E-state index in [0.717, 1.165) is 12.1 Å². The van der Waals surface area contributed by atoms with Crippen molar-refractivity contribution in [2.24, 2.45) is 9.81 Å². The number of rotatable bonds is 5. The molecular formula is C26H29F5N2OS. The fourth-order valence-corrected chi connectivity index (χ4v) is 4.36. The van der Waals surface area contributed by atoms with Crippen molar-refractivity contribution in [1.82, 2.24) is 4.57 Å². The Balaban J connectivity index is 2.33. The van der Waals surface area contributed by atoms with Crippen LogP contribution in [-0.2, 0) is 23.7 Å². The standard InChI is InChI=1S/C26H29F5N2OS/c1-24(2,3)15-33-14-19(22(13-27)32-35(34)25(4,5)6)18-11-21(28)17(12-23(18)33)16-9-7-8-10-20(16)26(29,30)31/h7-12,14H,13,15H2,1-6H3/b32-22-/t35-/m0/s1. The van der Waals surface area contributed by atoms with Gasteiger partial charge < -0.3 is 4.57 Å². The molecule has 0 aliphatic carbocycles. The summed E-state index contributed by atoms with van der Waals surface area (Å²) >= 11 is 0. The van der Waals surface area contributed by atoms with Crippen LogP contribution < -0.4 is 0 Å². The van der Waals surface area contributed by atoms with E-state index >= 15 is 4.39 Å². The first-order valence-corrected chi connectivity index (χ1v) is 12.2. The molecule has 0 aliphatic heterocycles. The van der Waals surface area contributed by atoms with Crippen molar-refractivity contribution >= 4 is 27.6 Å². The summed E-state index contributed by atoms with van der Waals surface area (Å²) < 4.78 is 88.1. The molecule has 0 fully saturated rings. The highest BCUT2D eigenvalue weighted by Crippen LogP contribution is 2.40. The lowest BCUT2D eigenvalue weighted by Gasteiger charge is -2.20. The summed E-state index contributed by atoms with van der Waals surface area (Å²) in [4.78, 5) is 0. The number of benzene rings is 2. The largest absolute Gasteiger partial charge is 0.417 e. The van der Waals surface area contributed by atoms with Gasteiger partial charge in [-0.25, -0.2) is 13.0 Å². The third-order valence-corrected chi connectivity index (χ3v) is 6.73. The minimum Gasteiger partial charge on any atom is -0.346 e. The number of alkyl halides is 4.